The first-order chi connectivity index (χ1) is 13.9. The van der Waals surface area contributed by atoms with Gasteiger partial charge in [-0.05, 0) is 30.4 Å². The zero-order chi connectivity index (χ0) is 21.0. The molecule has 0 radical (unpaired) electrons. The third-order valence-electron chi connectivity index (χ3n) is 5.12. The third-order valence-corrected chi connectivity index (χ3v) is 5.12. The van der Waals surface area contributed by atoms with Crippen molar-refractivity contribution in [1.82, 2.24) is 20.5 Å². The van der Waals surface area contributed by atoms with Gasteiger partial charge in [-0.2, -0.15) is 0 Å². The summed E-state index contributed by atoms with van der Waals surface area (Å²) in [5.41, 5.74) is 2.04. The van der Waals surface area contributed by atoms with Crippen LogP contribution in [-0.4, -0.2) is 58.1 Å². The second kappa shape index (κ2) is 9.09. The molecule has 29 heavy (non-hydrogen) atoms. The second-order valence-corrected chi connectivity index (χ2v) is 7.88. The smallest absolute Gasteiger partial charge is 0.324 e. The number of amides is 4. The van der Waals surface area contributed by atoms with Gasteiger partial charge in [0.1, 0.15) is 6.04 Å². The molecule has 1 aliphatic heterocycles. The molecule has 0 unspecified atom stereocenters. The first kappa shape index (κ1) is 20.9. The van der Waals surface area contributed by atoms with Crippen molar-refractivity contribution in [2.24, 2.45) is 5.92 Å². The Balaban J connectivity index is 1.56. The Morgan fingerprint density at radius 1 is 1.28 bits per heavy atom. The summed E-state index contributed by atoms with van der Waals surface area (Å²) in [6, 6.07) is 6.15. The fraction of sp³-hybridized carbons (Fsp3) is 0.476. The van der Waals surface area contributed by atoms with Gasteiger partial charge < -0.3 is 20.7 Å². The van der Waals surface area contributed by atoms with Crippen molar-refractivity contribution in [3.05, 3.63) is 36.0 Å². The van der Waals surface area contributed by atoms with Gasteiger partial charge in [-0.3, -0.25) is 14.5 Å². The molecule has 2 aromatic rings. The number of rotatable bonds is 9. The highest BCUT2D eigenvalue weighted by molar-refractivity contribution is 6.05. The quantitative estimate of drug-likeness (QED) is 0.478. The Morgan fingerprint density at radius 3 is 2.76 bits per heavy atom. The molecule has 2 atom stereocenters. The molecule has 156 valence electrons. The summed E-state index contributed by atoms with van der Waals surface area (Å²) < 4.78 is 0. The maximum absolute atomic E-state index is 12.6. The first-order valence-electron chi connectivity index (χ1n) is 9.96. The van der Waals surface area contributed by atoms with Crippen LogP contribution in [0, 0.1) is 5.92 Å². The number of aliphatic hydroxyl groups is 1. The van der Waals surface area contributed by atoms with Crippen molar-refractivity contribution >= 4 is 28.7 Å². The Labute approximate surface area is 169 Å². The van der Waals surface area contributed by atoms with E-state index < -0.39 is 18.0 Å². The minimum Gasteiger partial charge on any atom is -0.394 e. The van der Waals surface area contributed by atoms with Crippen LogP contribution in [0.2, 0.25) is 0 Å². The lowest BCUT2D eigenvalue weighted by Crippen LogP contribution is -2.42. The summed E-state index contributed by atoms with van der Waals surface area (Å²) >= 11 is 0. The Bertz CT molecular complexity index is 892. The number of hydrogen-bond donors (Lipinski definition) is 4. The monoisotopic (exact) mass is 400 g/mol. The van der Waals surface area contributed by atoms with Crippen molar-refractivity contribution < 1.29 is 19.5 Å². The molecular weight excluding hydrogens is 372 g/mol. The molecule has 1 aliphatic rings. The lowest BCUT2D eigenvalue weighted by atomic mass is 10.0. The Morgan fingerprint density at radius 2 is 2.03 bits per heavy atom. The number of carbonyl (C=O) groups is 3. The zero-order valence-electron chi connectivity index (χ0n) is 16.8. The van der Waals surface area contributed by atoms with Gasteiger partial charge in [-0.25, -0.2) is 4.79 Å². The summed E-state index contributed by atoms with van der Waals surface area (Å²) in [6.45, 7) is 4.09. The molecule has 0 aliphatic carbocycles. The van der Waals surface area contributed by atoms with Crippen LogP contribution in [0.5, 0.6) is 0 Å². The predicted molar refractivity (Wildman–Crippen MR) is 109 cm³/mol. The average molecular weight is 400 g/mol. The SMILES string of the molecule is CC(C)C[C@@H](CO)NC(=O)C[C@H]1NC(=O)N(CCc2c[nH]c3ccccc23)C1=O. The number of H-pyrrole nitrogens is 1. The Kier molecular flexibility index (Phi) is 6.53. The molecule has 0 bridgehead atoms. The summed E-state index contributed by atoms with van der Waals surface area (Å²) in [5, 5.41) is 15.8. The topological polar surface area (TPSA) is 115 Å². The van der Waals surface area contributed by atoms with E-state index in [4.69, 9.17) is 0 Å². The van der Waals surface area contributed by atoms with Gasteiger partial charge in [0, 0.05) is 23.6 Å². The van der Waals surface area contributed by atoms with E-state index in [-0.39, 0.29) is 31.5 Å². The normalized spacial score (nSPS) is 17.8. The van der Waals surface area contributed by atoms with Crippen molar-refractivity contribution in [2.45, 2.75) is 45.2 Å². The average Bonchev–Trinajstić information content (AvgIpc) is 3.20. The molecule has 1 aromatic carbocycles. The number of nitrogens with zero attached hydrogens (tertiary/aromatic N) is 1. The number of imide groups is 1. The number of carbonyl (C=O) groups excluding carboxylic acids is 3. The van der Waals surface area contributed by atoms with E-state index in [0.29, 0.717) is 18.8 Å². The summed E-state index contributed by atoms with van der Waals surface area (Å²) in [4.78, 5) is 41.4. The number of nitrogens with one attached hydrogen (secondary N) is 3. The largest absolute Gasteiger partial charge is 0.394 e. The number of hydrogen-bond acceptors (Lipinski definition) is 4. The molecule has 4 amide bonds. The van der Waals surface area contributed by atoms with Crippen LogP contribution in [0.4, 0.5) is 4.79 Å². The molecule has 0 spiro atoms. The molecule has 0 saturated carbocycles. The van der Waals surface area contributed by atoms with Gasteiger partial charge in [0.05, 0.1) is 19.1 Å². The molecule has 1 fully saturated rings. The van der Waals surface area contributed by atoms with E-state index in [1.807, 2.05) is 44.3 Å². The van der Waals surface area contributed by atoms with Crippen LogP contribution in [0.1, 0.15) is 32.3 Å². The van der Waals surface area contributed by atoms with Gasteiger partial charge in [0.2, 0.25) is 5.91 Å². The lowest BCUT2D eigenvalue weighted by Gasteiger charge is -2.19. The van der Waals surface area contributed by atoms with Gasteiger partial charge in [-0.1, -0.05) is 32.0 Å². The van der Waals surface area contributed by atoms with E-state index >= 15 is 0 Å². The number of aromatic amines is 1. The molecular formula is C21H28N4O4. The van der Waals surface area contributed by atoms with E-state index in [9.17, 15) is 19.5 Å². The highest BCUT2D eigenvalue weighted by Crippen LogP contribution is 2.19. The standard InChI is InChI=1S/C21H28N4O4/c1-13(2)9-15(12-26)23-19(27)10-18-20(28)25(21(29)24-18)8-7-14-11-22-17-6-4-3-5-16(14)17/h3-6,11,13,15,18,22,26H,7-10,12H2,1-2H3,(H,23,27)(H,24,29)/t15-,18+/m0/s1. The van der Waals surface area contributed by atoms with Crippen LogP contribution < -0.4 is 10.6 Å². The Hall–Kier alpha value is -2.87. The fourth-order valence-corrected chi connectivity index (χ4v) is 3.72. The van der Waals surface area contributed by atoms with Crippen molar-refractivity contribution in [2.75, 3.05) is 13.2 Å². The summed E-state index contributed by atoms with van der Waals surface area (Å²) in [7, 11) is 0. The van der Waals surface area contributed by atoms with Gasteiger partial charge in [-0.15, -0.1) is 0 Å². The molecule has 4 N–H and O–H groups in total. The highest BCUT2D eigenvalue weighted by Gasteiger charge is 2.39. The molecule has 8 heteroatoms. The highest BCUT2D eigenvalue weighted by atomic mass is 16.3. The predicted octanol–water partition coefficient (Wildman–Crippen LogP) is 1.54. The minimum absolute atomic E-state index is 0.136. The lowest BCUT2D eigenvalue weighted by molar-refractivity contribution is -0.131. The van der Waals surface area contributed by atoms with E-state index in [1.54, 1.807) is 0 Å². The second-order valence-electron chi connectivity index (χ2n) is 7.88. The van der Waals surface area contributed by atoms with Crippen LogP contribution in [0.3, 0.4) is 0 Å². The zero-order valence-corrected chi connectivity index (χ0v) is 16.8. The van der Waals surface area contributed by atoms with E-state index in [1.165, 1.54) is 0 Å². The van der Waals surface area contributed by atoms with Crippen LogP contribution in [-0.2, 0) is 16.0 Å². The molecule has 2 heterocycles. The van der Waals surface area contributed by atoms with Crippen molar-refractivity contribution in [3.63, 3.8) is 0 Å². The third kappa shape index (κ3) is 4.95. The fourth-order valence-electron chi connectivity index (χ4n) is 3.72. The molecule has 1 aromatic heterocycles. The summed E-state index contributed by atoms with van der Waals surface area (Å²) in [6.07, 6.45) is 2.92. The van der Waals surface area contributed by atoms with Crippen LogP contribution in [0.25, 0.3) is 10.9 Å². The number of benzene rings is 1. The van der Waals surface area contributed by atoms with Crippen LogP contribution in [0.15, 0.2) is 30.5 Å². The van der Waals surface area contributed by atoms with Gasteiger partial charge >= 0.3 is 6.03 Å². The molecule has 1 saturated heterocycles. The number of fused-ring (bicyclic) bond motifs is 1. The number of aromatic nitrogens is 1. The summed E-state index contributed by atoms with van der Waals surface area (Å²) in [5.74, 6) is -0.434. The number of urea groups is 1. The van der Waals surface area contributed by atoms with Crippen LogP contribution >= 0.6 is 0 Å². The number of aliphatic hydroxyl groups excluding tert-OH is 1. The van der Waals surface area contributed by atoms with E-state index in [0.717, 1.165) is 21.4 Å². The van der Waals surface area contributed by atoms with Gasteiger partial charge in [0.15, 0.2) is 0 Å². The van der Waals surface area contributed by atoms with Crippen molar-refractivity contribution in [3.8, 4) is 0 Å². The van der Waals surface area contributed by atoms with Crippen molar-refractivity contribution in [1.29, 1.82) is 0 Å². The molecule has 3 rings (SSSR count). The first-order valence-corrected chi connectivity index (χ1v) is 9.96. The minimum atomic E-state index is -0.871. The maximum Gasteiger partial charge on any atom is 0.324 e. The number of para-hydroxylation sites is 1. The van der Waals surface area contributed by atoms with Gasteiger partial charge in [0.25, 0.3) is 5.91 Å². The van der Waals surface area contributed by atoms with E-state index in [2.05, 4.69) is 15.6 Å². The maximum atomic E-state index is 12.6. The molecule has 8 nitrogen and oxygen atoms in total.